The van der Waals surface area contributed by atoms with Gasteiger partial charge >= 0.3 is 0 Å². The lowest BCUT2D eigenvalue weighted by Crippen LogP contribution is -2.13. The van der Waals surface area contributed by atoms with Gasteiger partial charge in [-0.15, -0.1) is 0 Å². The predicted octanol–water partition coefficient (Wildman–Crippen LogP) is 4.41. The van der Waals surface area contributed by atoms with E-state index in [1.54, 1.807) is 30.1 Å². The van der Waals surface area contributed by atoms with Crippen molar-refractivity contribution in [3.63, 3.8) is 0 Å². The Morgan fingerprint density at radius 2 is 1.81 bits per heavy atom. The summed E-state index contributed by atoms with van der Waals surface area (Å²) in [4.78, 5) is 12.2. The number of hydrogen-bond acceptors (Lipinski definition) is 3. The number of carbonyl (C=O) groups excluding carboxylic acids is 1. The van der Waals surface area contributed by atoms with E-state index in [0.29, 0.717) is 29.7 Å². The molecule has 1 heterocycles. The molecule has 3 aromatic rings. The van der Waals surface area contributed by atoms with Gasteiger partial charge in [0.15, 0.2) is 5.82 Å². The van der Waals surface area contributed by atoms with Gasteiger partial charge in [0.05, 0.1) is 18.1 Å². The average molecular weight is 432 g/mol. The Hall–Kier alpha value is -2.67. The van der Waals surface area contributed by atoms with Gasteiger partial charge < -0.3 is 10.1 Å². The average Bonchev–Trinajstić information content (AvgIpc) is 3.01. The molecule has 3 rings (SSSR count). The summed E-state index contributed by atoms with van der Waals surface area (Å²) in [6, 6.07) is 13.9. The van der Waals surface area contributed by atoms with Gasteiger partial charge in [-0.1, -0.05) is 24.3 Å². The van der Waals surface area contributed by atoms with Gasteiger partial charge in [-0.2, -0.15) is 5.10 Å². The van der Waals surface area contributed by atoms with Crippen molar-refractivity contribution < 1.29 is 13.9 Å². The van der Waals surface area contributed by atoms with Gasteiger partial charge in [-0.05, 0) is 57.7 Å². The molecule has 0 aliphatic heterocycles. The van der Waals surface area contributed by atoms with Crippen molar-refractivity contribution in [2.75, 3.05) is 12.4 Å². The SMILES string of the molecule is COc1ccc(CCC(=O)Nc2nn(Cc3ccc(F)cc3)cc2Br)cc1. The van der Waals surface area contributed by atoms with Crippen molar-refractivity contribution in [1.82, 2.24) is 9.78 Å². The van der Waals surface area contributed by atoms with E-state index in [0.717, 1.165) is 16.9 Å². The van der Waals surface area contributed by atoms with Crippen molar-refractivity contribution in [2.24, 2.45) is 0 Å². The number of hydrogen-bond donors (Lipinski definition) is 1. The third-order valence-corrected chi connectivity index (χ3v) is 4.61. The van der Waals surface area contributed by atoms with E-state index in [4.69, 9.17) is 4.74 Å². The first-order chi connectivity index (χ1) is 13.0. The van der Waals surface area contributed by atoms with Crippen LogP contribution in [0.2, 0.25) is 0 Å². The second-order valence-electron chi connectivity index (χ2n) is 6.05. The van der Waals surface area contributed by atoms with E-state index in [2.05, 4.69) is 26.3 Å². The summed E-state index contributed by atoms with van der Waals surface area (Å²) in [5.74, 6) is 0.874. The van der Waals surface area contributed by atoms with Crippen LogP contribution in [0.25, 0.3) is 0 Å². The second kappa shape index (κ2) is 8.81. The second-order valence-corrected chi connectivity index (χ2v) is 6.90. The smallest absolute Gasteiger partial charge is 0.225 e. The molecule has 140 valence electrons. The fourth-order valence-corrected chi connectivity index (χ4v) is 3.00. The van der Waals surface area contributed by atoms with Crippen LogP contribution in [0.1, 0.15) is 17.5 Å². The van der Waals surface area contributed by atoms with Crippen LogP contribution >= 0.6 is 15.9 Å². The highest BCUT2D eigenvalue weighted by Gasteiger charge is 2.11. The van der Waals surface area contributed by atoms with Crippen LogP contribution in [-0.4, -0.2) is 22.8 Å². The number of aryl methyl sites for hydroxylation is 1. The number of methoxy groups -OCH3 is 1. The molecule has 7 heteroatoms. The number of rotatable bonds is 7. The summed E-state index contributed by atoms with van der Waals surface area (Å²) in [7, 11) is 1.62. The molecule has 0 saturated carbocycles. The number of nitrogens with one attached hydrogen (secondary N) is 1. The number of anilines is 1. The number of carbonyl (C=O) groups is 1. The van der Waals surface area contributed by atoms with E-state index in [-0.39, 0.29) is 11.7 Å². The first kappa shape index (κ1) is 19.1. The van der Waals surface area contributed by atoms with E-state index in [1.807, 2.05) is 24.3 Å². The highest BCUT2D eigenvalue weighted by atomic mass is 79.9. The summed E-state index contributed by atoms with van der Waals surface area (Å²) in [5, 5.41) is 7.19. The molecule has 0 aliphatic carbocycles. The van der Waals surface area contributed by atoms with Crippen LogP contribution < -0.4 is 10.1 Å². The van der Waals surface area contributed by atoms with Gasteiger partial charge in [-0.3, -0.25) is 9.48 Å². The van der Waals surface area contributed by atoms with Gasteiger partial charge in [-0.25, -0.2) is 4.39 Å². The Morgan fingerprint density at radius 1 is 1.15 bits per heavy atom. The Kier molecular flexibility index (Phi) is 6.24. The summed E-state index contributed by atoms with van der Waals surface area (Å²) < 4.78 is 20.5. The molecule has 5 nitrogen and oxygen atoms in total. The molecule has 1 N–H and O–H groups in total. The lowest BCUT2D eigenvalue weighted by atomic mass is 10.1. The molecule has 27 heavy (non-hydrogen) atoms. The number of benzene rings is 2. The molecular weight excluding hydrogens is 413 g/mol. The van der Waals surface area contributed by atoms with Gasteiger partial charge in [0.1, 0.15) is 11.6 Å². The fourth-order valence-electron chi connectivity index (χ4n) is 2.58. The summed E-state index contributed by atoms with van der Waals surface area (Å²) in [6.45, 7) is 0.487. The van der Waals surface area contributed by atoms with E-state index >= 15 is 0 Å². The lowest BCUT2D eigenvalue weighted by Gasteiger charge is -2.05. The van der Waals surface area contributed by atoms with E-state index < -0.39 is 0 Å². The molecule has 0 fully saturated rings. The summed E-state index contributed by atoms with van der Waals surface area (Å²) in [5.41, 5.74) is 1.98. The maximum atomic E-state index is 13.0. The summed E-state index contributed by atoms with van der Waals surface area (Å²) in [6.07, 6.45) is 2.76. The molecule has 1 aromatic heterocycles. The Bertz CT molecular complexity index is 908. The highest BCUT2D eigenvalue weighted by molar-refractivity contribution is 9.10. The predicted molar refractivity (Wildman–Crippen MR) is 105 cm³/mol. The summed E-state index contributed by atoms with van der Waals surface area (Å²) >= 11 is 3.41. The van der Waals surface area contributed by atoms with Crippen LogP contribution in [-0.2, 0) is 17.8 Å². The molecule has 0 bridgehead atoms. The highest BCUT2D eigenvalue weighted by Crippen LogP contribution is 2.21. The number of halogens is 2. The minimum absolute atomic E-state index is 0.112. The Labute approximate surface area is 165 Å². The monoisotopic (exact) mass is 431 g/mol. The van der Waals surface area contributed by atoms with Crippen molar-refractivity contribution in [3.8, 4) is 5.75 Å². The fraction of sp³-hybridized carbons (Fsp3) is 0.200. The van der Waals surface area contributed by atoms with E-state index in [9.17, 15) is 9.18 Å². The third-order valence-electron chi connectivity index (χ3n) is 4.03. The number of nitrogens with zero attached hydrogens (tertiary/aromatic N) is 2. The maximum Gasteiger partial charge on any atom is 0.225 e. The first-order valence-corrected chi connectivity index (χ1v) is 9.23. The van der Waals surface area contributed by atoms with Crippen molar-refractivity contribution in [1.29, 1.82) is 0 Å². The van der Waals surface area contributed by atoms with Crippen molar-refractivity contribution >= 4 is 27.7 Å². The van der Waals surface area contributed by atoms with Crippen LogP contribution in [0.4, 0.5) is 10.2 Å². The third kappa shape index (κ3) is 5.40. The molecule has 0 aliphatic rings. The lowest BCUT2D eigenvalue weighted by molar-refractivity contribution is -0.116. The molecule has 2 aromatic carbocycles. The standard InChI is InChI=1S/C20H19BrFN3O2/c1-27-17-9-4-14(5-10-17)6-11-19(26)23-20-18(21)13-25(24-20)12-15-2-7-16(22)8-3-15/h2-5,7-10,13H,6,11-12H2,1H3,(H,23,24,26). The minimum Gasteiger partial charge on any atom is -0.497 e. The van der Waals surface area contributed by atoms with E-state index in [1.165, 1.54) is 12.1 Å². The van der Waals surface area contributed by atoms with Crippen molar-refractivity contribution in [2.45, 2.75) is 19.4 Å². The molecule has 0 atom stereocenters. The van der Waals surface area contributed by atoms with Crippen molar-refractivity contribution in [3.05, 3.63) is 76.1 Å². The van der Waals surface area contributed by atoms with Crippen LogP contribution in [0.3, 0.4) is 0 Å². The van der Waals surface area contributed by atoms with Crippen LogP contribution in [0, 0.1) is 5.82 Å². The maximum absolute atomic E-state index is 13.0. The van der Waals surface area contributed by atoms with Gasteiger partial charge in [0.2, 0.25) is 5.91 Å². The van der Waals surface area contributed by atoms with Gasteiger partial charge in [0, 0.05) is 12.6 Å². The Morgan fingerprint density at radius 3 is 2.48 bits per heavy atom. The minimum atomic E-state index is -0.273. The number of aromatic nitrogens is 2. The van der Waals surface area contributed by atoms with Crippen LogP contribution in [0.15, 0.2) is 59.2 Å². The zero-order chi connectivity index (χ0) is 19.2. The quantitative estimate of drug-likeness (QED) is 0.602. The molecule has 0 saturated heterocycles. The number of amides is 1. The molecule has 0 radical (unpaired) electrons. The topological polar surface area (TPSA) is 56.1 Å². The zero-order valence-corrected chi connectivity index (χ0v) is 16.4. The molecule has 0 spiro atoms. The van der Waals surface area contributed by atoms with Crippen LogP contribution in [0.5, 0.6) is 5.75 Å². The molecule has 0 unspecified atom stereocenters. The number of ether oxygens (including phenoxy) is 1. The zero-order valence-electron chi connectivity index (χ0n) is 14.8. The molecular formula is C20H19BrFN3O2. The molecule has 1 amide bonds. The largest absolute Gasteiger partial charge is 0.497 e. The normalized spacial score (nSPS) is 10.6. The van der Waals surface area contributed by atoms with Gasteiger partial charge in [0.25, 0.3) is 0 Å². The Balaban J connectivity index is 1.55. The first-order valence-electron chi connectivity index (χ1n) is 8.43.